The van der Waals surface area contributed by atoms with Crippen LogP contribution in [0, 0.1) is 19.6 Å². The van der Waals surface area contributed by atoms with Gasteiger partial charge < -0.3 is 10.4 Å². The van der Waals surface area contributed by atoms with Crippen molar-refractivity contribution in [2.45, 2.75) is 32.6 Å². The number of rotatable bonds is 9. The van der Waals surface area contributed by atoms with E-state index in [2.05, 4.69) is 34.8 Å². The Morgan fingerprint density at radius 3 is 2.71 bits per heavy atom. The van der Waals surface area contributed by atoms with E-state index in [9.17, 15) is 14.9 Å². The van der Waals surface area contributed by atoms with E-state index < -0.39 is 10.9 Å². The molecular weight excluding hydrogens is 387 g/mol. The van der Waals surface area contributed by atoms with Gasteiger partial charge in [0.15, 0.2) is 0 Å². The number of carbonyl (C=O) groups is 1. The minimum absolute atomic E-state index is 0.0813. The molecule has 0 spiro atoms. The summed E-state index contributed by atoms with van der Waals surface area (Å²) in [5, 5.41) is 22.6. The van der Waals surface area contributed by atoms with Crippen molar-refractivity contribution in [3.8, 4) is 0 Å². The number of aliphatic carboxylic acids is 1. The van der Waals surface area contributed by atoms with E-state index in [4.69, 9.17) is 5.11 Å². The molecule has 0 radical (unpaired) electrons. The van der Waals surface area contributed by atoms with Gasteiger partial charge in [-0.3, -0.25) is 14.9 Å². The number of benzene rings is 1. The molecule has 1 rings (SSSR count). The molecule has 1 aromatic rings. The maximum absolute atomic E-state index is 10.7. The zero-order valence-electron chi connectivity index (χ0n) is 11.8. The van der Waals surface area contributed by atoms with Gasteiger partial charge in [-0.15, -0.1) is 0 Å². The molecule has 6 nitrogen and oxygen atoms in total. The molecule has 116 valence electrons. The van der Waals surface area contributed by atoms with Crippen LogP contribution in [0.15, 0.2) is 18.2 Å². The normalized spacial score (nSPS) is 11.9. The largest absolute Gasteiger partial charge is 0.481 e. The molecule has 0 aliphatic carbocycles. The third-order valence-corrected chi connectivity index (χ3v) is 4.27. The van der Waals surface area contributed by atoms with Gasteiger partial charge in [0.2, 0.25) is 0 Å². The summed E-state index contributed by atoms with van der Waals surface area (Å²) in [6.07, 6.45) is 2.72. The van der Waals surface area contributed by atoms with Gasteiger partial charge in [0.05, 0.1) is 4.92 Å². The molecule has 0 aliphatic rings. The predicted octanol–water partition coefficient (Wildman–Crippen LogP) is 3.89. The number of carboxylic acid groups (broad SMARTS) is 1. The monoisotopic (exact) mass is 406 g/mol. The molecule has 7 heteroatoms. The van der Waals surface area contributed by atoms with Gasteiger partial charge in [-0.1, -0.05) is 13.3 Å². The minimum atomic E-state index is -0.758. The van der Waals surface area contributed by atoms with Crippen molar-refractivity contribution in [2.75, 3.05) is 11.9 Å². The van der Waals surface area contributed by atoms with Gasteiger partial charge in [-0.2, -0.15) is 0 Å². The van der Waals surface area contributed by atoms with Gasteiger partial charge >= 0.3 is 5.97 Å². The summed E-state index contributed by atoms with van der Waals surface area (Å²) < 4.78 is 0.806. The molecule has 1 unspecified atom stereocenters. The second-order valence-corrected chi connectivity index (χ2v) is 6.01. The lowest BCUT2D eigenvalue weighted by atomic mass is 9.96. The highest BCUT2D eigenvalue weighted by Crippen LogP contribution is 2.24. The number of nitrogens with one attached hydrogen (secondary N) is 1. The number of hydrogen-bond acceptors (Lipinski definition) is 4. The fourth-order valence-electron chi connectivity index (χ4n) is 2.05. The quantitative estimate of drug-likeness (QED) is 0.369. The number of carboxylic acids is 1. The summed E-state index contributed by atoms with van der Waals surface area (Å²) >= 11 is 2.07. The number of nitrogens with zero attached hydrogens (tertiary/aromatic N) is 1. The Labute approximate surface area is 137 Å². The van der Waals surface area contributed by atoms with E-state index in [1.54, 1.807) is 6.07 Å². The van der Waals surface area contributed by atoms with Crippen molar-refractivity contribution in [1.29, 1.82) is 0 Å². The van der Waals surface area contributed by atoms with Gasteiger partial charge in [-0.25, -0.2) is 0 Å². The Bertz CT molecular complexity index is 508. The maximum Gasteiger partial charge on any atom is 0.303 e. The first-order valence-electron chi connectivity index (χ1n) is 6.83. The standard InChI is InChI=1S/C14H19IN2O4/c1-2-10(3-6-14(18)19)7-8-16-13-5-4-11(17(20)21)9-12(13)15/h4-5,9-10,16H,2-3,6-8H2,1H3,(H,18,19). The van der Waals surface area contributed by atoms with Gasteiger partial charge in [-0.05, 0) is 47.4 Å². The lowest BCUT2D eigenvalue weighted by Crippen LogP contribution is -2.11. The highest BCUT2D eigenvalue weighted by molar-refractivity contribution is 14.1. The third-order valence-electron chi connectivity index (χ3n) is 3.38. The van der Waals surface area contributed by atoms with Crippen LogP contribution in [0.1, 0.15) is 32.6 Å². The van der Waals surface area contributed by atoms with E-state index in [0.717, 1.165) is 28.6 Å². The number of nitro groups is 1. The number of hydrogen-bond donors (Lipinski definition) is 2. The molecule has 1 atom stereocenters. The van der Waals surface area contributed by atoms with E-state index in [1.807, 2.05) is 0 Å². The number of halogens is 1. The molecule has 0 amide bonds. The van der Waals surface area contributed by atoms with Crippen molar-refractivity contribution in [1.82, 2.24) is 0 Å². The summed E-state index contributed by atoms with van der Waals surface area (Å²) in [5.41, 5.74) is 0.951. The SMILES string of the molecule is CCC(CCNc1ccc([N+](=O)[O-])cc1I)CCC(=O)O. The van der Waals surface area contributed by atoms with E-state index in [-0.39, 0.29) is 12.1 Å². The van der Waals surface area contributed by atoms with Gasteiger partial charge in [0, 0.05) is 34.4 Å². The Hall–Kier alpha value is -1.38. The fraction of sp³-hybridized carbons (Fsp3) is 0.500. The van der Waals surface area contributed by atoms with Crippen molar-refractivity contribution >= 4 is 39.9 Å². The Morgan fingerprint density at radius 2 is 2.19 bits per heavy atom. The number of anilines is 1. The minimum Gasteiger partial charge on any atom is -0.481 e. The first kappa shape index (κ1) is 17.7. The van der Waals surface area contributed by atoms with Crippen molar-refractivity contribution < 1.29 is 14.8 Å². The molecule has 0 bridgehead atoms. The van der Waals surface area contributed by atoms with Crippen LogP contribution in [0.2, 0.25) is 0 Å². The third kappa shape index (κ3) is 6.28. The first-order valence-corrected chi connectivity index (χ1v) is 7.91. The zero-order valence-corrected chi connectivity index (χ0v) is 14.0. The van der Waals surface area contributed by atoms with Crippen molar-refractivity contribution in [3.05, 3.63) is 31.9 Å². The summed E-state index contributed by atoms with van der Waals surface area (Å²) in [7, 11) is 0. The van der Waals surface area contributed by atoms with E-state index in [0.29, 0.717) is 12.3 Å². The molecule has 21 heavy (non-hydrogen) atoms. The van der Waals surface area contributed by atoms with Crippen LogP contribution < -0.4 is 5.32 Å². The molecule has 0 heterocycles. The molecule has 1 aromatic carbocycles. The topological polar surface area (TPSA) is 92.5 Å². The smallest absolute Gasteiger partial charge is 0.303 e. The molecular formula is C14H19IN2O4. The van der Waals surface area contributed by atoms with Crippen molar-refractivity contribution in [3.63, 3.8) is 0 Å². The van der Waals surface area contributed by atoms with Gasteiger partial charge in [0.25, 0.3) is 5.69 Å². The number of non-ortho nitro benzene ring substituents is 1. The lowest BCUT2D eigenvalue weighted by molar-refractivity contribution is -0.384. The van der Waals surface area contributed by atoms with Crippen molar-refractivity contribution in [2.24, 2.45) is 5.92 Å². The highest BCUT2D eigenvalue weighted by Gasteiger charge is 2.11. The Kier molecular flexibility index (Phi) is 7.41. The molecule has 2 N–H and O–H groups in total. The fourth-order valence-corrected chi connectivity index (χ4v) is 2.74. The van der Waals surface area contributed by atoms with E-state index in [1.165, 1.54) is 12.1 Å². The average molecular weight is 406 g/mol. The predicted molar refractivity (Wildman–Crippen MR) is 89.6 cm³/mol. The molecule has 0 fully saturated rings. The summed E-state index contributed by atoms with van der Waals surface area (Å²) in [6.45, 7) is 2.79. The van der Waals surface area contributed by atoms with Gasteiger partial charge in [0.1, 0.15) is 0 Å². The molecule has 0 saturated heterocycles. The van der Waals surface area contributed by atoms with Crippen LogP contribution in [-0.2, 0) is 4.79 Å². The summed E-state index contributed by atoms with van der Waals surface area (Å²) in [5.74, 6) is -0.379. The van der Waals surface area contributed by atoms with E-state index >= 15 is 0 Å². The maximum atomic E-state index is 10.7. The zero-order chi connectivity index (χ0) is 15.8. The number of nitro benzene ring substituents is 1. The molecule has 0 saturated carbocycles. The van der Waals surface area contributed by atoms with Crippen LogP contribution in [0.3, 0.4) is 0 Å². The molecule has 0 aromatic heterocycles. The Morgan fingerprint density at radius 1 is 1.48 bits per heavy atom. The van der Waals surface area contributed by atoms with Crippen LogP contribution in [0.5, 0.6) is 0 Å². The lowest BCUT2D eigenvalue weighted by Gasteiger charge is -2.15. The summed E-state index contributed by atoms with van der Waals surface area (Å²) in [6, 6.07) is 4.72. The molecule has 0 aliphatic heterocycles. The summed E-state index contributed by atoms with van der Waals surface area (Å²) in [4.78, 5) is 20.8. The van der Waals surface area contributed by atoms with Crippen LogP contribution in [0.25, 0.3) is 0 Å². The van der Waals surface area contributed by atoms with Crippen LogP contribution in [0.4, 0.5) is 11.4 Å². The Balaban J connectivity index is 2.47. The van der Waals surface area contributed by atoms with Crippen LogP contribution in [-0.4, -0.2) is 22.5 Å². The van der Waals surface area contributed by atoms with Crippen LogP contribution >= 0.6 is 22.6 Å². The average Bonchev–Trinajstić information content (AvgIpc) is 2.43. The highest BCUT2D eigenvalue weighted by atomic mass is 127. The second-order valence-electron chi connectivity index (χ2n) is 4.84. The second kappa shape index (κ2) is 8.81. The first-order chi connectivity index (χ1) is 9.93.